The molecule has 5 nitrogen and oxygen atoms in total. The number of amides is 1. The quantitative estimate of drug-likeness (QED) is 0.801. The van der Waals surface area contributed by atoms with Crippen LogP contribution in [0.3, 0.4) is 0 Å². The Balaban J connectivity index is 2.12. The van der Waals surface area contributed by atoms with Gasteiger partial charge in [-0.25, -0.2) is 8.42 Å². The number of carbonyl (C=O) groups excluding carboxylic acids is 1. The van der Waals surface area contributed by atoms with Crippen molar-refractivity contribution in [2.45, 2.75) is 57.4 Å². The van der Waals surface area contributed by atoms with Crippen LogP contribution in [0.15, 0.2) is 29.2 Å². The first-order chi connectivity index (χ1) is 11.4. The summed E-state index contributed by atoms with van der Waals surface area (Å²) in [5.74, 6) is -0.294. The van der Waals surface area contributed by atoms with Crippen LogP contribution in [0.1, 0.15) is 45.1 Å². The van der Waals surface area contributed by atoms with Gasteiger partial charge in [0.2, 0.25) is 15.9 Å². The summed E-state index contributed by atoms with van der Waals surface area (Å²) in [5, 5.41) is 2.93. The fraction of sp³-hybridized carbons (Fsp3) is 0.611. The number of carbonyl (C=O) groups is 1. The van der Waals surface area contributed by atoms with Gasteiger partial charge in [0.15, 0.2) is 0 Å². The van der Waals surface area contributed by atoms with Gasteiger partial charge in [0.25, 0.3) is 0 Å². The van der Waals surface area contributed by atoms with Crippen molar-refractivity contribution in [2.24, 2.45) is 5.92 Å². The molecule has 6 heteroatoms. The second kappa shape index (κ2) is 8.12. The molecule has 0 bridgehead atoms. The number of rotatable bonds is 6. The van der Waals surface area contributed by atoms with Crippen molar-refractivity contribution in [3.63, 3.8) is 0 Å². The summed E-state index contributed by atoms with van der Waals surface area (Å²) in [6, 6.07) is 6.80. The van der Waals surface area contributed by atoms with E-state index in [1.165, 1.54) is 4.31 Å². The summed E-state index contributed by atoms with van der Waals surface area (Å²) in [4.78, 5) is 12.6. The Morgan fingerprint density at radius 2 is 1.92 bits per heavy atom. The lowest BCUT2D eigenvalue weighted by Gasteiger charge is -2.36. The normalized spacial score (nSPS) is 22.3. The van der Waals surface area contributed by atoms with E-state index in [0.717, 1.165) is 24.8 Å². The zero-order valence-electron chi connectivity index (χ0n) is 14.8. The average molecular weight is 353 g/mol. The Hall–Kier alpha value is -1.40. The van der Waals surface area contributed by atoms with Gasteiger partial charge >= 0.3 is 0 Å². The van der Waals surface area contributed by atoms with Crippen molar-refractivity contribution in [3.05, 3.63) is 29.8 Å². The van der Waals surface area contributed by atoms with E-state index in [-0.39, 0.29) is 24.4 Å². The smallest absolute Gasteiger partial charge is 0.243 e. The lowest BCUT2D eigenvalue weighted by atomic mass is 9.94. The number of hydrogen-bond acceptors (Lipinski definition) is 3. The third-order valence-electron chi connectivity index (χ3n) is 4.65. The van der Waals surface area contributed by atoms with Crippen LogP contribution < -0.4 is 5.32 Å². The molecule has 1 aromatic rings. The zero-order chi connectivity index (χ0) is 17.7. The highest BCUT2D eigenvalue weighted by Crippen LogP contribution is 2.28. The van der Waals surface area contributed by atoms with E-state index in [2.05, 4.69) is 12.2 Å². The minimum Gasteiger partial charge on any atom is -0.356 e. The summed E-state index contributed by atoms with van der Waals surface area (Å²) in [5.41, 5.74) is 1.02. The molecule has 1 fully saturated rings. The third-order valence-corrected chi connectivity index (χ3v) is 6.65. The Morgan fingerprint density at radius 1 is 1.25 bits per heavy atom. The van der Waals surface area contributed by atoms with Gasteiger partial charge in [-0.05, 0) is 45.2 Å². The number of unbranched alkanes of at least 4 members (excludes halogenated alkanes) is 1. The predicted octanol–water partition coefficient (Wildman–Crippen LogP) is 2.70. The maximum atomic E-state index is 12.9. The highest BCUT2D eigenvalue weighted by atomic mass is 32.2. The van der Waals surface area contributed by atoms with Gasteiger partial charge in [-0.15, -0.1) is 0 Å². The number of sulfonamides is 1. The minimum absolute atomic E-state index is 0.0283. The van der Waals surface area contributed by atoms with Crippen molar-refractivity contribution >= 4 is 15.9 Å². The van der Waals surface area contributed by atoms with Crippen LogP contribution in [0, 0.1) is 12.8 Å². The Morgan fingerprint density at radius 3 is 2.54 bits per heavy atom. The molecule has 2 rings (SSSR count). The van der Waals surface area contributed by atoms with Crippen LogP contribution in [0.2, 0.25) is 0 Å². The van der Waals surface area contributed by atoms with Gasteiger partial charge < -0.3 is 5.32 Å². The summed E-state index contributed by atoms with van der Waals surface area (Å²) in [7, 11) is -3.57. The molecule has 134 valence electrons. The van der Waals surface area contributed by atoms with E-state index in [9.17, 15) is 13.2 Å². The van der Waals surface area contributed by atoms with E-state index in [1.54, 1.807) is 24.3 Å². The van der Waals surface area contributed by atoms with Crippen LogP contribution >= 0.6 is 0 Å². The number of nitrogens with one attached hydrogen (secondary N) is 1. The predicted molar refractivity (Wildman–Crippen MR) is 95.2 cm³/mol. The van der Waals surface area contributed by atoms with Crippen LogP contribution in [0.25, 0.3) is 0 Å². The van der Waals surface area contributed by atoms with Crippen molar-refractivity contribution in [3.8, 4) is 0 Å². The molecule has 1 amide bonds. The Kier molecular flexibility index (Phi) is 6.40. The minimum atomic E-state index is -3.57. The lowest BCUT2D eigenvalue weighted by Crippen LogP contribution is -2.49. The Labute approximate surface area is 145 Å². The maximum absolute atomic E-state index is 12.9. The van der Waals surface area contributed by atoms with Gasteiger partial charge in [-0.3, -0.25) is 4.79 Å². The topological polar surface area (TPSA) is 66.5 Å². The number of piperidine rings is 1. The largest absolute Gasteiger partial charge is 0.356 e. The number of hydrogen-bond donors (Lipinski definition) is 1. The molecule has 1 aliphatic rings. The van der Waals surface area contributed by atoms with Crippen LogP contribution in [-0.2, 0) is 14.8 Å². The van der Waals surface area contributed by atoms with Gasteiger partial charge in [-0.1, -0.05) is 31.0 Å². The molecule has 24 heavy (non-hydrogen) atoms. The molecule has 0 aromatic heterocycles. The highest BCUT2D eigenvalue weighted by Gasteiger charge is 2.37. The van der Waals surface area contributed by atoms with Gasteiger partial charge in [0.05, 0.1) is 10.8 Å². The van der Waals surface area contributed by atoms with Gasteiger partial charge in [0.1, 0.15) is 0 Å². The van der Waals surface area contributed by atoms with Crippen LogP contribution in [-0.4, -0.2) is 37.8 Å². The highest BCUT2D eigenvalue weighted by molar-refractivity contribution is 7.89. The van der Waals surface area contributed by atoms with Crippen LogP contribution in [0.5, 0.6) is 0 Å². The maximum Gasteiger partial charge on any atom is 0.243 e. The van der Waals surface area contributed by atoms with Crippen molar-refractivity contribution in [2.75, 3.05) is 13.1 Å². The second-order valence-corrected chi connectivity index (χ2v) is 8.55. The molecule has 2 atom stereocenters. The van der Waals surface area contributed by atoms with Gasteiger partial charge in [0, 0.05) is 19.1 Å². The summed E-state index contributed by atoms with van der Waals surface area (Å²) in [6.45, 7) is 6.83. The number of nitrogens with zero attached hydrogens (tertiary/aromatic N) is 1. The average Bonchev–Trinajstić information content (AvgIpc) is 2.55. The molecule has 1 aliphatic heterocycles. The van der Waals surface area contributed by atoms with Crippen molar-refractivity contribution in [1.29, 1.82) is 0 Å². The molecule has 0 spiro atoms. The molecule has 0 radical (unpaired) electrons. The molecule has 2 unspecified atom stereocenters. The molecule has 1 aromatic carbocycles. The molecule has 1 N–H and O–H groups in total. The van der Waals surface area contributed by atoms with E-state index in [0.29, 0.717) is 17.9 Å². The molecular formula is C18H28N2O3S. The second-order valence-electron chi connectivity index (χ2n) is 6.66. The molecule has 0 saturated carbocycles. The Bertz CT molecular complexity index is 655. The monoisotopic (exact) mass is 352 g/mol. The molecule has 0 aliphatic carbocycles. The van der Waals surface area contributed by atoms with Crippen LogP contribution in [0.4, 0.5) is 0 Å². The first-order valence-electron chi connectivity index (χ1n) is 8.72. The lowest BCUT2D eigenvalue weighted by molar-refractivity contribution is -0.126. The fourth-order valence-electron chi connectivity index (χ4n) is 3.00. The SMILES string of the molecule is CCCCNC(=O)C1CCC(C)N(S(=O)(=O)c2ccc(C)cc2)C1. The van der Waals surface area contributed by atoms with E-state index < -0.39 is 10.0 Å². The molecule has 1 heterocycles. The molecular weight excluding hydrogens is 324 g/mol. The van der Waals surface area contributed by atoms with E-state index >= 15 is 0 Å². The van der Waals surface area contributed by atoms with E-state index in [4.69, 9.17) is 0 Å². The zero-order valence-corrected chi connectivity index (χ0v) is 15.6. The van der Waals surface area contributed by atoms with E-state index in [1.807, 2.05) is 13.8 Å². The summed E-state index contributed by atoms with van der Waals surface area (Å²) in [6.07, 6.45) is 3.41. The first kappa shape index (κ1) is 18.9. The first-order valence-corrected chi connectivity index (χ1v) is 10.2. The van der Waals surface area contributed by atoms with Gasteiger partial charge in [-0.2, -0.15) is 4.31 Å². The molecule has 1 saturated heterocycles. The fourth-order valence-corrected chi connectivity index (χ4v) is 4.71. The number of benzene rings is 1. The third kappa shape index (κ3) is 4.36. The van der Waals surface area contributed by atoms with Crippen molar-refractivity contribution in [1.82, 2.24) is 9.62 Å². The van der Waals surface area contributed by atoms with Crippen molar-refractivity contribution < 1.29 is 13.2 Å². The standard InChI is InChI=1S/C18H28N2O3S/c1-4-5-12-19-18(21)16-9-8-15(3)20(13-16)24(22,23)17-10-6-14(2)7-11-17/h6-7,10-11,15-16H,4-5,8-9,12-13H2,1-3H3,(H,19,21). The summed E-state index contributed by atoms with van der Waals surface area (Å²) >= 11 is 0. The summed E-state index contributed by atoms with van der Waals surface area (Å²) < 4.78 is 27.4. The number of aryl methyl sites for hydroxylation is 1.